The topological polar surface area (TPSA) is 130 Å². The maximum atomic E-state index is 13.0. The minimum atomic E-state index is -3.71. The molecule has 196 valence electrons. The van der Waals surface area contributed by atoms with E-state index in [-0.39, 0.29) is 29.3 Å². The van der Waals surface area contributed by atoms with Gasteiger partial charge in [0.05, 0.1) is 19.3 Å². The zero-order chi connectivity index (χ0) is 26.3. The van der Waals surface area contributed by atoms with Gasteiger partial charge in [-0.15, -0.1) is 0 Å². The van der Waals surface area contributed by atoms with Crippen LogP contribution in [0.5, 0.6) is 11.5 Å². The van der Waals surface area contributed by atoms with E-state index >= 15 is 0 Å². The number of phenols is 1. The highest BCUT2D eigenvalue weighted by molar-refractivity contribution is 7.87. The van der Waals surface area contributed by atoms with Crippen LogP contribution in [-0.4, -0.2) is 44.1 Å². The molecule has 1 amide bonds. The molecule has 1 saturated carbocycles. The second-order valence-electron chi connectivity index (χ2n) is 9.22. The lowest BCUT2D eigenvalue weighted by Crippen LogP contribution is -2.49. The highest BCUT2D eigenvalue weighted by Crippen LogP contribution is 2.39. The molecule has 0 aliphatic heterocycles. The minimum absolute atomic E-state index is 0.0913. The van der Waals surface area contributed by atoms with Crippen LogP contribution in [0.2, 0.25) is 0 Å². The zero-order valence-corrected chi connectivity index (χ0v) is 21.5. The maximum absolute atomic E-state index is 13.0. The Labute approximate surface area is 217 Å². The van der Waals surface area contributed by atoms with Crippen molar-refractivity contribution in [2.75, 3.05) is 13.7 Å². The SMILES string of the molecule is COc1cccc(O)c1C(=O)NCC1(c2ccccc2)CCC(NS(=O)(=O)NCc2ccccn2)CC1. The van der Waals surface area contributed by atoms with Gasteiger partial charge in [-0.1, -0.05) is 42.5 Å². The lowest BCUT2D eigenvalue weighted by atomic mass is 9.68. The number of aromatic hydroxyl groups is 1. The van der Waals surface area contributed by atoms with Crippen LogP contribution in [0.25, 0.3) is 0 Å². The Hall–Kier alpha value is -3.47. The molecule has 0 atom stereocenters. The number of rotatable bonds is 10. The molecule has 10 heteroatoms. The van der Waals surface area contributed by atoms with E-state index in [4.69, 9.17) is 4.74 Å². The van der Waals surface area contributed by atoms with E-state index in [0.29, 0.717) is 43.7 Å². The van der Waals surface area contributed by atoms with Crippen LogP contribution in [0.3, 0.4) is 0 Å². The molecule has 1 aliphatic carbocycles. The molecule has 1 heterocycles. The molecule has 0 spiro atoms. The first kappa shape index (κ1) is 26.6. The summed E-state index contributed by atoms with van der Waals surface area (Å²) in [5, 5.41) is 13.2. The van der Waals surface area contributed by atoms with Crippen molar-refractivity contribution in [2.45, 2.75) is 43.7 Å². The molecule has 1 fully saturated rings. The third-order valence-electron chi connectivity index (χ3n) is 6.86. The minimum Gasteiger partial charge on any atom is -0.507 e. The number of hydrogen-bond donors (Lipinski definition) is 4. The van der Waals surface area contributed by atoms with Gasteiger partial charge in [0.1, 0.15) is 17.1 Å². The van der Waals surface area contributed by atoms with Crippen molar-refractivity contribution in [3.63, 3.8) is 0 Å². The summed E-state index contributed by atoms with van der Waals surface area (Å²) in [5.74, 6) is -0.281. The molecular formula is C27H32N4O5S. The van der Waals surface area contributed by atoms with E-state index in [1.54, 1.807) is 30.5 Å². The molecule has 37 heavy (non-hydrogen) atoms. The average Bonchev–Trinajstić information content (AvgIpc) is 2.92. The van der Waals surface area contributed by atoms with Gasteiger partial charge in [0.15, 0.2) is 0 Å². The Morgan fingerprint density at radius 1 is 1.05 bits per heavy atom. The summed E-state index contributed by atoms with van der Waals surface area (Å²) in [7, 11) is -2.26. The van der Waals surface area contributed by atoms with Gasteiger partial charge in [0.2, 0.25) is 0 Å². The summed E-state index contributed by atoms with van der Waals surface area (Å²) in [4.78, 5) is 17.2. The number of methoxy groups -OCH3 is 1. The van der Waals surface area contributed by atoms with E-state index in [1.165, 1.54) is 13.2 Å². The van der Waals surface area contributed by atoms with Crippen molar-refractivity contribution in [3.05, 3.63) is 89.7 Å². The molecule has 0 saturated heterocycles. The first-order valence-corrected chi connectivity index (χ1v) is 13.7. The number of hydrogen-bond acceptors (Lipinski definition) is 6. The number of phenolic OH excluding ortho intramolecular Hbond substituents is 1. The Morgan fingerprint density at radius 3 is 2.46 bits per heavy atom. The Kier molecular flexibility index (Phi) is 8.42. The smallest absolute Gasteiger partial charge is 0.277 e. The van der Waals surface area contributed by atoms with Gasteiger partial charge in [-0.05, 0) is 55.5 Å². The number of aromatic nitrogens is 1. The monoisotopic (exact) mass is 524 g/mol. The van der Waals surface area contributed by atoms with Crippen LogP contribution in [0, 0.1) is 0 Å². The third-order valence-corrected chi connectivity index (χ3v) is 8.03. The van der Waals surface area contributed by atoms with Crippen molar-refractivity contribution in [1.29, 1.82) is 0 Å². The molecule has 1 aromatic heterocycles. The van der Waals surface area contributed by atoms with Crippen molar-refractivity contribution in [1.82, 2.24) is 19.7 Å². The third kappa shape index (κ3) is 6.65. The van der Waals surface area contributed by atoms with Crippen molar-refractivity contribution in [3.8, 4) is 11.5 Å². The predicted molar refractivity (Wildman–Crippen MR) is 141 cm³/mol. The van der Waals surface area contributed by atoms with Gasteiger partial charge in [-0.25, -0.2) is 0 Å². The number of carbonyl (C=O) groups is 1. The lowest BCUT2D eigenvalue weighted by Gasteiger charge is -2.41. The largest absolute Gasteiger partial charge is 0.507 e. The molecule has 1 aliphatic rings. The van der Waals surface area contributed by atoms with Gasteiger partial charge in [-0.2, -0.15) is 17.9 Å². The van der Waals surface area contributed by atoms with Gasteiger partial charge in [0, 0.05) is 24.2 Å². The number of ether oxygens (including phenoxy) is 1. The number of nitrogens with zero attached hydrogens (tertiary/aromatic N) is 1. The molecule has 4 N–H and O–H groups in total. The second-order valence-corrected chi connectivity index (χ2v) is 10.8. The lowest BCUT2D eigenvalue weighted by molar-refractivity contribution is 0.0929. The molecular weight excluding hydrogens is 492 g/mol. The summed E-state index contributed by atoms with van der Waals surface area (Å²) >= 11 is 0. The number of nitrogens with one attached hydrogen (secondary N) is 3. The van der Waals surface area contributed by atoms with Crippen LogP contribution >= 0.6 is 0 Å². The molecule has 0 unspecified atom stereocenters. The average molecular weight is 525 g/mol. The number of pyridine rings is 1. The van der Waals surface area contributed by atoms with E-state index in [0.717, 1.165) is 5.56 Å². The summed E-state index contributed by atoms with van der Waals surface area (Å²) in [6.45, 7) is 0.448. The first-order chi connectivity index (χ1) is 17.8. The van der Waals surface area contributed by atoms with Crippen molar-refractivity contribution >= 4 is 16.1 Å². The number of amides is 1. The summed E-state index contributed by atoms with van der Waals surface area (Å²) < 4.78 is 35.8. The fourth-order valence-electron chi connectivity index (χ4n) is 4.84. The predicted octanol–water partition coefficient (Wildman–Crippen LogP) is 3.03. The van der Waals surface area contributed by atoms with Gasteiger partial charge < -0.3 is 15.2 Å². The summed E-state index contributed by atoms with van der Waals surface area (Å²) in [5.41, 5.74) is 1.43. The van der Waals surface area contributed by atoms with Crippen LogP contribution in [0.1, 0.15) is 47.3 Å². The van der Waals surface area contributed by atoms with E-state index in [9.17, 15) is 18.3 Å². The molecule has 4 rings (SSSR count). The molecule has 9 nitrogen and oxygen atoms in total. The van der Waals surface area contributed by atoms with Gasteiger partial charge in [0.25, 0.3) is 16.1 Å². The molecule has 0 radical (unpaired) electrons. The van der Waals surface area contributed by atoms with E-state index < -0.39 is 16.1 Å². The second kappa shape index (κ2) is 11.7. The Bertz CT molecular complexity index is 1290. The first-order valence-electron chi connectivity index (χ1n) is 12.2. The highest BCUT2D eigenvalue weighted by atomic mass is 32.2. The Balaban J connectivity index is 1.43. The quantitative estimate of drug-likeness (QED) is 0.323. The number of benzene rings is 2. The summed E-state index contributed by atoms with van der Waals surface area (Å²) in [6.07, 6.45) is 4.17. The Morgan fingerprint density at radius 2 is 1.78 bits per heavy atom. The van der Waals surface area contributed by atoms with Crippen molar-refractivity contribution in [2.24, 2.45) is 0 Å². The van der Waals surface area contributed by atoms with Crippen molar-refractivity contribution < 1.29 is 23.1 Å². The maximum Gasteiger partial charge on any atom is 0.277 e. The standard InChI is InChI=1S/C27H32N4O5S/c1-36-24-12-7-11-23(32)25(24)26(33)29-19-27(20-8-3-2-4-9-20)15-13-21(14-16-27)31-37(34,35)30-18-22-10-5-6-17-28-22/h2-12,17,21,30-32H,13-16,18-19H2,1H3,(H,29,33). The number of carbonyl (C=O) groups excluding carboxylic acids is 1. The zero-order valence-electron chi connectivity index (χ0n) is 20.7. The molecule has 3 aromatic rings. The van der Waals surface area contributed by atoms with Crippen LogP contribution in [0.4, 0.5) is 0 Å². The van der Waals surface area contributed by atoms with Crippen LogP contribution in [0.15, 0.2) is 72.9 Å². The van der Waals surface area contributed by atoms with Crippen LogP contribution < -0.4 is 19.5 Å². The molecule has 0 bridgehead atoms. The van der Waals surface area contributed by atoms with Gasteiger partial charge >= 0.3 is 0 Å². The fourth-order valence-corrected chi connectivity index (χ4v) is 5.93. The highest BCUT2D eigenvalue weighted by Gasteiger charge is 2.38. The van der Waals surface area contributed by atoms with E-state index in [2.05, 4.69) is 19.7 Å². The van der Waals surface area contributed by atoms with E-state index in [1.807, 2.05) is 36.4 Å². The van der Waals surface area contributed by atoms with Gasteiger partial charge in [-0.3, -0.25) is 9.78 Å². The fraction of sp³-hybridized carbons (Fsp3) is 0.333. The molecule has 2 aromatic carbocycles. The normalized spacial score (nSPS) is 19.8. The van der Waals surface area contributed by atoms with Crippen LogP contribution in [-0.2, 0) is 22.2 Å². The summed E-state index contributed by atoms with van der Waals surface area (Å²) in [6, 6.07) is 19.7.